The van der Waals surface area contributed by atoms with E-state index >= 15 is 0 Å². The van der Waals surface area contributed by atoms with Crippen LogP contribution in [0.2, 0.25) is 0 Å². The van der Waals surface area contributed by atoms with Gasteiger partial charge in [-0.05, 0) is 43.2 Å². The molecule has 1 aliphatic carbocycles. The van der Waals surface area contributed by atoms with Crippen LogP contribution in [0.4, 0.5) is 0 Å². The maximum Gasteiger partial charge on any atom is 0.137 e. The summed E-state index contributed by atoms with van der Waals surface area (Å²) in [6.07, 6.45) is 7.44. The van der Waals surface area contributed by atoms with Gasteiger partial charge < -0.3 is 15.2 Å². The largest absolute Gasteiger partial charge is 0.386 e. The van der Waals surface area contributed by atoms with Crippen LogP contribution in [0.1, 0.15) is 51.3 Å². The molecule has 4 heteroatoms. The van der Waals surface area contributed by atoms with Crippen molar-refractivity contribution in [1.82, 2.24) is 9.38 Å². The van der Waals surface area contributed by atoms with Gasteiger partial charge in [-0.1, -0.05) is 19.9 Å². The third kappa shape index (κ3) is 2.58. The average molecular weight is 287 g/mol. The van der Waals surface area contributed by atoms with Crippen LogP contribution in [-0.2, 0) is 0 Å². The molecular formula is C17H25N3O. The summed E-state index contributed by atoms with van der Waals surface area (Å²) in [5, 5.41) is 10.9. The van der Waals surface area contributed by atoms with Crippen LogP contribution in [-0.4, -0.2) is 21.0 Å². The SMILES string of the molecule is CC1(C)CCC(CN)(C(O)c2cn3ccccc3n2)CC1. The Balaban J connectivity index is 1.90. The fourth-order valence-corrected chi connectivity index (χ4v) is 3.41. The number of imidazole rings is 1. The Morgan fingerprint density at radius 1 is 1.29 bits per heavy atom. The highest BCUT2D eigenvalue weighted by Crippen LogP contribution is 2.50. The van der Waals surface area contributed by atoms with Crippen molar-refractivity contribution in [2.75, 3.05) is 6.54 Å². The Bertz CT molecular complexity index is 589. The summed E-state index contributed by atoms with van der Waals surface area (Å²) in [7, 11) is 0. The minimum atomic E-state index is -0.585. The lowest BCUT2D eigenvalue weighted by molar-refractivity contribution is -0.0256. The lowest BCUT2D eigenvalue weighted by Gasteiger charge is -2.45. The molecule has 0 aliphatic heterocycles. The lowest BCUT2D eigenvalue weighted by atomic mass is 9.62. The Morgan fingerprint density at radius 2 is 2.00 bits per heavy atom. The van der Waals surface area contributed by atoms with Gasteiger partial charge in [-0.25, -0.2) is 4.98 Å². The summed E-state index contributed by atoms with van der Waals surface area (Å²) in [5.74, 6) is 0. The van der Waals surface area contributed by atoms with Crippen molar-refractivity contribution in [2.45, 2.75) is 45.6 Å². The molecule has 1 unspecified atom stereocenters. The topological polar surface area (TPSA) is 63.5 Å². The number of aliphatic hydroxyl groups excluding tert-OH is 1. The number of aromatic nitrogens is 2. The third-order valence-electron chi connectivity index (χ3n) is 5.25. The molecule has 21 heavy (non-hydrogen) atoms. The number of hydrogen-bond donors (Lipinski definition) is 2. The first-order valence-corrected chi connectivity index (χ1v) is 7.78. The Labute approximate surface area is 126 Å². The molecule has 1 atom stereocenters. The molecule has 0 bridgehead atoms. The van der Waals surface area contributed by atoms with Gasteiger partial charge in [-0.15, -0.1) is 0 Å². The molecule has 1 saturated carbocycles. The van der Waals surface area contributed by atoms with E-state index in [4.69, 9.17) is 5.73 Å². The maximum atomic E-state index is 10.9. The molecule has 3 N–H and O–H groups in total. The van der Waals surface area contributed by atoms with Crippen LogP contribution in [0.5, 0.6) is 0 Å². The van der Waals surface area contributed by atoms with E-state index in [9.17, 15) is 5.11 Å². The van der Waals surface area contributed by atoms with Gasteiger partial charge in [-0.2, -0.15) is 0 Å². The third-order valence-corrected chi connectivity index (χ3v) is 5.25. The second kappa shape index (κ2) is 5.11. The van der Waals surface area contributed by atoms with Crippen molar-refractivity contribution < 1.29 is 5.11 Å². The molecule has 1 aliphatic rings. The standard InChI is InChI=1S/C17H25N3O/c1-16(2)6-8-17(12-18,9-7-16)15(21)13-11-20-10-4-3-5-14(20)19-13/h3-5,10-11,15,21H,6-9,12,18H2,1-2H3. The van der Waals surface area contributed by atoms with E-state index in [1.807, 2.05) is 35.0 Å². The van der Waals surface area contributed by atoms with E-state index in [0.29, 0.717) is 12.0 Å². The highest BCUT2D eigenvalue weighted by atomic mass is 16.3. The molecule has 114 valence electrons. The number of fused-ring (bicyclic) bond motifs is 1. The van der Waals surface area contributed by atoms with Gasteiger partial charge in [0, 0.05) is 24.4 Å². The van der Waals surface area contributed by atoms with Gasteiger partial charge in [0.1, 0.15) is 11.8 Å². The quantitative estimate of drug-likeness (QED) is 0.912. The zero-order chi connectivity index (χ0) is 15.1. The van der Waals surface area contributed by atoms with Crippen molar-refractivity contribution in [3.05, 3.63) is 36.3 Å². The molecule has 4 nitrogen and oxygen atoms in total. The molecule has 0 saturated heterocycles. The van der Waals surface area contributed by atoms with E-state index in [1.165, 1.54) is 0 Å². The lowest BCUT2D eigenvalue weighted by Crippen LogP contribution is -2.42. The molecule has 0 radical (unpaired) electrons. The average Bonchev–Trinajstić information content (AvgIpc) is 2.91. The number of aliphatic hydroxyl groups is 1. The van der Waals surface area contributed by atoms with Gasteiger partial charge in [0.05, 0.1) is 5.69 Å². The molecular weight excluding hydrogens is 262 g/mol. The van der Waals surface area contributed by atoms with Crippen molar-refractivity contribution in [1.29, 1.82) is 0 Å². The van der Waals surface area contributed by atoms with E-state index < -0.39 is 6.10 Å². The smallest absolute Gasteiger partial charge is 0.137 e. The van der Waals surface area contributed by atoms with Crippen LogP contribution in [0.25, 0.3) is 5.65 Å². The second-order valence-corrected chi connectivity index (χ2v) is 7.27. The fourth-order valence-electron chi connectivity index (χ4n) is 3.41. The monoisotopic (exact) mass is 287 g/mol. The number of pyridine rings is 1. The van der Waals surface area contributed by atoms with E-state index in [1.54, 1.807) is 0 Å². The molecule has 1 fully saturated rings. The van der Waals surface area contributed by atoms with Gasteiger partial charge in [0.15, 0.2) is 0 Å². The highest BCUT2D eigenvalue weighted by molar-refractivity contribution is 5.40. The summed E-state index contributed by atoms with van der Waals surface area (Å²) in [6, 6.07) is 5.88. The van der Waals surface area contributed by atoms with Crippen molar-refractivity contribution in [2.24, 2.45) is 16.6 Å². The molecule has 0 amide bonds. The molecule has 2 heterocycles. The molecule has 2 aromatic heterocycles. The first-order valence-electron chi connectivity index (χ1n) is 7.78. The Hall–Kier alpha value is -1.39. The molecule has 0 spiro atoms. The van der Waals surface area contributed by atoms with E-state index in [0.717, 1.165) is 37.0 Å². The first-order chi connectivity index (χ1) is 9.96. The fraction of sp³-hybridized carbons (Fsp3) is 0.588. The van der Waals surface area contributed by atoms with Crippen LogP contribution >= 0.6 is 0 Å². The van der Waals surface area contributed by atoms with E-state index in [2.05, 4.69) is 18.8 Å². The van der Waals surface area contributed by atoms with E-state index in [-0.39, 0.29) is 5.41 Å². The van der Waals surface area contributed by atoms with Crippen molar-refractivity contribution in [3.63, 3.8) is 0 Å². The van der Waals surface area contributed by atoms with Crippen molar-refractivity contribution in [3.8, 4) is 0 Å². The first kappa shape index (κ1) is 14.5. The minimum Gasteiger partial charge on any atom is -0.386 e. The Kier molecular flexibility index (Phi) is 3.54. The molecule has 0 aromatic carbocycles. The molecule has 3 rings (SSSR count). The van der Waals surface area contributed by atoms with Crippen LogP contribution in [0, 0.1) is 10.8 Å². The van der Waals surface area contributed by atoms with Crippen molar-refractivity contribution >= 4 is 5.65 Å². The predicted octanol–water partition coefficient (Wildman–Crippen LogP) is 2.91. The maximum absolute atomic E-state index is 10.9. The van der Waals surface area contributed by atoms with Crippen LogP contribution in [0.3, 0.4) is 0 Å². The minimum absolute atomic E-state index is 0.229. The number of nitrogens with zero attached hydrogens (tertiary/aromatic N) is 2. The zero-order valence-corrected chi connectivity index (χ0v) is 12.9. The van der Waals surface area contributed by atoms with Crippen LogP contribution in [0.15, 0.2) is 30.6 Å². The highest BCUT2D eigenvalue weighted by Gasteiger charge is 2.43. The normalized spacial score (nSPS) is 22.3. The van der Waals surface area contributed by atoms with Gasteiger partial charge in [0.2, 0.25) is 0 Å². The summed E-state index contributed by atoms with van der Waals surface area (Å²) < 4.78 is 1.95. The number of hydrogen-bond acceptors (Lipinski definition) is 3. The summed E-state index contributed by atoms with van der Waals surface area (Å²) in [5.41, 5.74) is 7.81. The van der Waals surface area contributed by atoms with Crippen LogP contribution < -0.4 is 5.73 Å². The van der Waals surface area contributed by atoms with Gasteiger partial charge in [-0.3, -0.25) is 0 Å². The van der Waals surface area contributed by atoms with Gasteiger partial charge >= 0.3 is 0 Å². The predicted molar refractivity (Wildman–Crippen MR) is 83.9 cm³/mol. The number of nitrogens with two attached hydrogens (primary N) is 1. The summed E-state index contributed by atoms with van der Waals surface area (Å²) in [6.45, 7) is 5.10. The Morgan fingerprint density at radius 3 is 2.62 bits per heavy atom. The second-order valence-electron chi connectivity index (χ2n) is 7.27. The summed E-state index contributed by atoms with van der Waals surface area (Å²) in [4.78, 5) is 4.57. The number of rotatable bonds is 3. The zero-order valence-electron chi connectivity index (χ0n) is 12.9. The molecule has 2 aromatic rings. The van der Waals surface area contributed by atoms with Gasteiger partial charge in [0.25, 0.3) is 0 Å². The summed E-state index contributed by atoms with van der Waals surface area (Å²) >= 11 is 0.